The van der Waals surface area contributed by atoms with Gasteiger partial charge in [0.05, 0.1) is 6.10 Å². The number of hydrogen-bond donors (Lipinski definition) is 1. The van der Waals surface area contributed by atoms with Crippen LogP contribution in [-0.4, -0.2) is 24.9 Å². The zero-order valence-electron chi connectivity index (χ0n) is 10.1. The first-order chi connectivity index (χ1) is 8.02. The first kappa shape index (κ1) is 14.8. The monoisotopic (exact) mass is 276 g/mol. The molecule has 0 bridgehead atoms. The highest BCUT2D eigenvalue weighted by molar-refractivity contribution is 6.35. The number of benzene rings is 1. The second-order valence-electron chi connectivity index (χ2n) is 4.39. The highest BCUT2D eigenvalue weighted by Gasteiger charge is 2.12. The molecular weight excluding hydrogens is 259 g/mol. The summed E-state index contributed by atoms with van der Waals surface area (Å²) in [5.41, 5.74) is 0.924. The van der Waals surface area contributed by atoms with E-state index in [1.807, 2.05) is 6.07 Å². The Bertz CT molecular complexity index is 355. The third kappa shape index (κ3) is 5.26. The van der Waals surface area contributed by atoms with Crippen LogP contribution in [0, 0.1) is 5.92 Å². The smallest absolute Gasteiger partial charge is 0.0584 e. The zero-order chi connectivity index (χ0) is 12.8. The Hall–Kier alpha value is -0.280. The van der Waals surface area contributed by atoms with Crippen LogP contribution in [0.1, 0.15) is 18.9 Å². The van der Waals surface area contributed by atoms with Gasteiger partial charge in [0.2, 0.25) is 0 Å². The van der Waals surface area contributed by atoms with Crippen molar-refractivity contribution in [2.45, 2.75) is 25.9 Å². The van der Waals surface area contributed by atoms with Gasteiger partial charge in [0.1, 0.15) is 0 Å². The first-order valence-corrected chi connectivity index (χ1v) is 6.39. The molecule has 0 amide bonds. The van der Waals surface area contributed by atoms with E-state index >= 15 is 0 Å². The van der Waals surface area contributed by atoms with Gasteiger partial charge in [0.25, 0.3) is 0 Å². The molecule has 0 aromatic heterocycles. The van der Waals surface area contributed by atoms with Gasteiger partial charge in [-0.05, 0) is 36.5 Å². The number of ether oxygens (including phenoxy) is 1. The zero-order valence-corrected chi connectivity index (χ0v) is 11.6. The molecule has 0 aliphatic carbocycles. The van der Waals surface area contributed by atoms with Crippen molar-refractivity contribution in [2.24, 2.45) is 5.92 Å². The fourth-order valence-corrected chi connectivity index (χ4v) is 2.33. The molecule has 1 rings (SSSR count). The minimum Gasteiger partial charge on any atom is -0.393 e. The molecule has 0 saturated carbocycles. The largest absolute Gasteiger partial charge is 0.393 e. The fraction of sp³-hybridized carbons (Fsp3) is 0.538. The SMILES string of the molecule is COCC(C)CC(O)Cc1ccc(Cl)cc1Cl. The minimum atomic E-state index is -0.404. The molecule has 1 aromatic carbocycles. The molecule has 0 aliphatic rings. The summed E-state index contributed by atoms with van der Waals surface area (Å²) < 4.78 is 5.04. The summed E-state index contributed by atoms with van der Waals surface area (Å²) in [6.45, 7) is 2.71. The minimum absolute atomic E-state index is 0.334. The van der Waals surface area contributed by atoms with Crippen LogP contribution in [0.4, 0.5) is 0 Å². The van der Waals surface area contributed by atoms with E-state index in [2.05, 4.69) is 6.92 Å². The normalized spacial score (nSPS) is 14.6. The van der Waals surface area contributed by atoms with Crippen molar-refractivity contribution in [3.8, 4) is 0 Å². The van der Waals surface area contributed by atoms with Gasteiger partial charge in [-0.1, -0.05) is 36.2 Å². The summed E-state index contributed by atoms with van der Waals surface area (Å²) in [5.74, 6) is 0.334. The molecule has 0 heterocycles. The second-order valence-corrected chi connectivity index (χ2v) is 5.23. The van der Waals surface area contributed by atoms with Crippen molar-refractivity contribution >= 4 is 23.2 Å². The number of halogens is 2. The van der Waals surface area contributed by atoms with Crippen LogP contribution >= 0.6 is 23.2 Å². The highest BCUT2D eigenvalue weighted by Crippen LogP contribution is 2.23. The third-order valence-corrected chi connectivity index (χ3v) is 3.18. The molecule has 0 fully saturated rings. The molecule has 1 aromatic rings. The Labute approximate surface area is 113 Å². The average Bonchev–Trinajstić information content (AvgIpc) is 2.22. The summed E-state index contributed by atoms with van der Waals surface area (Å²) in [7, 11) is 1.67. The van der Waals surface area contributed by atoms with Crippen LogP contribution in [-0.2, 0) is 11.2 Å². The molecular formula is C13H18Cl2O2. The predicted molar refractivity (Wildman–Crippen MR) is 71.8 cm³/mol. The lowest BCUT2D eigenvalue weighted by molar-refractivity contribution is 0.102. The fourth-order valence-electron chi connectivity index (χ4n) is 1.84. The highest BCUT2D eigenvalue weighted by atomic mass is 35.5. The number of hydrogen-bond acceptors (Lipinski definition) is 2. The Morgan fingerprint density at radius 1 is 1.35 bits per heavy atom. The van der Waals surface area contributed by atoms with Gasteiger partial charge in [-0.3, -0.25) is 0 Å². The van der Waals surface area contributed by atoms with Crippen LogP contribution in [0.15, 0.2) is 18.2 Å². The van der Waals surface area contributed by atoms with Gasteiger partial charge in [0.15, 0.2) is 0 Å². The van der Waals surface area contributed by atoms with Crippen LogP contribution in [0.3, 0.4) is 0 Å². The average molecular weight is 277 g/mol. The maximum atomic E-state index is 9.95. The third-order valence-electron chi connectivity index (χ3n) is 2.60. The lowest BCUT2D eigenvalue weighted by Crippen LogP contribution is -2.17. The Morgan fingerprint density at radius 3 is 2.65 bits per heavy atom. The number of aliphatic hydroxyl groups is 1. The maximum absolute atomic E-state index is 9.95. The van der Waals surface area contributed by atoms with Crippen molar-refractivity contribution in [3.63, 3.8) is 0 Å². The van der Waals surface area contributed by atoms with E-state index < -0.39 is 6.10 Å². The van der Waals surface area contributed by atoms with E-state index in [0.717, 1.165) is 5.56 Å². The van der Waals surface area contributed by atoms with Crippen molar-refractivity contribution in [2.75, 3.05) is 13.7 Å². The Kier molecular flexibility index (Phi) is 6.28. The molecule has 2 atom stereocenters. The lowest BCUT2D eigenvalue weighted by atomic mass is 9.99. The molecule has 2 nitrogen and oxygen atoms in total. The topological polar surface area (TPSA) is 29.5 Å². The van der Waals surface area contributed by atoms with Crippen molar-refractivity contribution < 1.29 is 9.84 Å². The van der Waals surface area contributed by atoms with E-state index in [1.165, 1.54) is 0 Å². The summed E-state index contributed by atoms with van der Waals surface area (Å²) in [6, 6.07) is 5.34. The van der Waals surface area contributed by atoms with Gasteiger partial charge in [-0.25, -0.2) is 0 Å². The standard InChI is InChI=1S/C13H18Cl2O2/c1-9(8-17-2)5-12(16)6-10-3-4-11(14)7-13(10)15/h3-4,7,9,12,16H,5-6,8H2,1-2H3. The van der Waals surface area contributed by atoms with Crippen LogP contribution in [0.2, 0.25) is 10.0 Å². The molecule has 17 heavy (non-hydrogen) atoms. The second kappa shape index (κ2) is 7.22. The van der Waals surface area contributed by atoms with Crippen LogP contribution in [0.25, 0.3) is 0 Å². The predicted octanol–water partition coefficient (Wildman–Crippen LogP) is 3.57. The molecule has 0 saturated heterocycles. The molecule has 2 unspecified atom stereocenters. The van der Waals surface area contributed by atoms with E-state index in [9.17, 15) is 5.11 Å². The molecule has 0 aliphatic heterocycles. The summed E-state index contributed by atoms with van der Waals surface area (Å²) in [5, 5.41) is 11.2. The van der Waals surface area contributed by atoms with Gasteiger partial charge in [0, 0.05) is 23.8 Å². The Balaban J connectivity index is 2.52. The van der Waals surface area contributed by atoms with E-state index in [1.54, 1.807) is 19.2 Å². The number of aliphatic hydroxyl groups excluding tert-OH is 1. The quantitative estimate of drug-likeness (QED) is 0.861. The molecule has 96 valence electrons. The summed E-state index contributed by atoms with van der Waals surface area (Å²) >= 11 is 11.9. The first-order valence-electron chi connectivity index (χ1n) is 5.64. The van der Waals surface area contributed by atoms with Crippen LogP contribution < -0.4 is 0 Å². The van der Waals surface area contributed by atoms with Gasteiger partial charge < -0.3 is 9.84 Å². The number of rotatable bonds is 6. The summed E-state index contributed by atoms with van der Waals surface area (Å²) in [6.07, 6.45) is 0.843. The Morgan fingerprint density at radius 2 is 2.06 bits per heavy atom. The molecule has 0 radical (unpaired) electrons. The van der Waals surface area contributed by atoms with E-state index in [0.29, 0.717) is 35.4 Å². The van der Waals surface area contributed by atoms with Gasteiger partial charge in [-0.15, -0.1) is 0 Å². The molecule has 0 spiro atoms. The maximum Gasteiger partial charge on any atom is 0.0584 e. The van der Waals surface area contributed by atoms with Gasteiger partial charge in [-0.2, -0.15) is 0 Å². The lowest BCUT2D eigenvalue weighted by Gasteiger charge is -2.16. The van der Waals surface area contributed by atoms with Crippen LogP contribution in [0.5, 0.6) is 0 Å². The van der Waals surface area contributed by atoms with Gasteiger partial charge >= 0.3 is 0 Å². The molecule has 4 heteroatoms. The van der Waals surface area contributed by atoms with Crippen molar-refractivity contribution in [3.05, 3.63) is 33.8 Å². The van der Waals surface area contributed by atoms with Crippen molar-refractivity contribution in [1.82, 2.24) is 0 Å². The van der Waals surface area contributed by atoms with E-state index in [4.69, 9.17) is 27.9 Å². The summed E-state index contributed by atoms with van der Waals surface area (Å²) in [4.78, 5) is 0. The molecule has 1 N–H and O–H groups in total. The van der Waals surface area contributed by atoms with Crippen molar-refractivity contribution in [1.29, 1.82) is 0 Å². The number of methoxy groups -OCH3 is 1. The van der Waals surface area contributed by atoms with E-state index in [-0.39, 0.29) is 0 Å².